The predicted octanol–water partition coefficient (Wildman–Crippen LogP) is -1.66. The molecule has 1 rings (SSSR count). The van der Waals surface area contributed by atoms with Gasteiger partial charge in [-0.2, -0.15) is 0 Å². The van der Waals surface area contributed by atoms with Crippen molar-refractivity contribution in [3.63, 3.8) is 0 Å². The molecule has 1 amide bonds. The Hall–Kier alpha value is -1.99. The van der Waals surface area contributed by atoms with E-state index in [9.17, 15) is 9.59 Å². The number of carbonyl (C=O) groups excluding carboxylic acids is 1. The molecule has 0 aliphatic carbocycles. The Morgan fingerprint density at radius 1 is 1.53 bits per heavy atom. The maximum absolute atomic E-state index is 11.2. The van der Waals surface area contributed by atoms with E-state index < -0.39 is 5.97 Å². The van der Waals surface area contributed by atoms with Crippen LogP contribution in [0, 0.1) is 0 Å². The summed E-state index contributed by atoms with van der Waals surface area (Å²) in [4.78, 5) is 21.4. The lowest BCUT2D eigenvalue weighted by atomic mass is 10.3. The van der Waals surface area contributed by atoms with Gasteiger partial charge in [0, 0.05) is 13.6 Å². The summed E-state index contributed by atoms with van der Waals surface area (Å²) in [5.74, 6) is -0.812. The third-order valence-electron chi connectivity index (χ3n) is 1.69. The van der Waals surface area contributed by atoms with Crippen LogP contribution in [0.3, 0.4) is 0 Å². The van der Waals surface area contributed by atoms with Crippen molar-refractivity contribution in [1.82, 2.24) is 25.5 Å². The third-order valence-corrected chi connectivity index (χ3v) is 1.69. The standard InChI is InChI=1S/C7H11N5O3/c1-12-5(9-10-11-12)4-6(13)8-3-2-7(14)15/h2-4H2,1H3,(H,8,13)(H,14,15). The van der Waals surface area contributed by atoms with Crippen LogP contribution >= 0.6 is 0 Å². The van der Waals surface area contributed by atoms with Crippen molar-refractivity contribution < 1.29 is 14.7 Å². The van der Waals surface area contributed by atoms with Crippen LogP contribution in [-0.2, 0) is 23.1 Å². The van der Waals surface area contributed by atoms with Gasteiger partial charge in [-0.05, 0) is 10.4 Å². The molecule has 15 heavy (non-hydrogen) atoms. The monoisotopic (exact) mass is 213 g/mol. The Morgan fingerprint density at radius 2 is 2.27 bits per heavy atom. The summed E-state index contributed by atoms with van der Waals surface area (Å²) < 4.78 is 1.39. The van der Waals surface area contributed by atoms with Crippen molar-refractivity contribution in [1.29, 1.82) is 0 Å². The maximum Gasteiger partial charge on any atom is 0.305 e. The van der Waals surface area contributed by atoms with Crippen LogP contribution in [-0.4, -0.2) is 43.7 Å². The highest BCUT2D eigenvalue weighted by molar-refractivity contribution is 5.78. The largest absolute Gasteiger partial charge is 0.481 e. The Morgan fingerprint density at radius 3 is 2.80 bits per heavy atom. The fourth-order valence-electron chi connectivity index (χ4n) is 0.913. The van der Waals surface area contributed by atoms with E-state index >= 15 is 0 Å². The van der Waals surface area contributed by atoms with E-state index in [-0.39, 0.29) is 25.3 Å². The second kappa shape index (κ2) is 5.03. The summed E-state index contributed by atoms with van der Waals surface area (Å²) >= 11 is 0. The zero-order valence-electron chi connectivity index (χ0n) is 8.17. The van der Waals surface area contributed by atoms with Crippen molar-refractivity contribution in [3.05, 3.63) is 5.82 Å². The summed E-state index contributed by atoms with van der Waals surface area (Å²) in [7, 11) is 1.62. The first-order chi connectivity index (χ1) is 7.09. The predicted molar refractivity (Wildman–Crippen MR) is 47.8 cm³/mol. The highest BCUT2D eigenvalue weighted by Crippen LogP contribution is 1.90. The molecule has 0 unspecified atom stereocenters. The van der Waals surface area contributed by atoms with Gasteiger partial charge in [-0.1, -0.05) is 0 Å². The first kappa shape index (κ1) is 11.1. The first-order valence-corrected chi connectivity index (χ1v) is 4.29. The zero-order valence-corrected chi connectivity index (χ0v) is 8.17. The highest BCUT2D eigenvalue weighted by Gasteiger charge is 2.08. The number of hydrogen-bond donors (Lipinski definition) is 2. The van der Waals surface area contributed by atoms with Crippen molar-refractivity contribution in [3.8, 4) is 0 Å². The molecule has 8 nitrogen and oxygen atoms in total. The van der Waals surface area contributed by atoms with Crippen molar-refractivity contribution >= 4 is 11.9 Å². The van der Waals surface area contributed by atoms with Gasteiger partial charge in [-0.25, -0.2) is 4.68 Å². The lowest BCUT2D eigenvalue weighted by molar-refractivity contribution is -0.136. The van der Waals surface area contributed by atoms with Gasteiger partial charge in [0.15, 0.2) is 5.82 Å². The number of nitrogens with zero attached hydrogens (tertiary/aromatic N) is 4. The van der Waals surface area contributed by atoms with Gasteiger partial charge in [-0.15, -0.1) is 5.10 Å². The minimum atomic E-state index is -0.948. The van der Waals surface area contributed by atoms with E-state index in [1.807, 2.05) is 0 Å². The molecular formula is C7H11N5O3. The zero-order chi connectivity index (χ0) is 11.3. The van der Waals surface area contributed by atoms with Crippen molar-refractivity contribution in [2.45, 2.75) is 12.8 Å². The molecular weight excluding hydrogens is 202 g/mol. The number of aliphatic carboxylic acids is 1. The minimum absolute atomic E-state index is 0.0448. The topological polar surface area (TPSA) is 110 Å². The van der Waals surface area contributed by atoms with E-state index in [0.717, 1.165) is 0 Å². The summed E-state index contributed by atoms with van der Waals surface area (Å²) in [6.45, 7) is 0.111. The normalized spacial score (nSPS) is 9.93. The van der Waals surface area contributed by atoms with Crippen LogP contribution in [0.5, 0.6) is 0 Å². The van der Waals surface area contributed by atoms with Crippen LogP contribution in [0.15, 0.2) is 0 Å². The Kier molecular flexibility index (Phi) is 3.72. The van der Waals surface area contributed by atoms with Crippen molar-refractivity contribution in [2.75, 3.05) is 6.54 Å². The molecule has 0 bridgehead atoms. The molecule has 0 saturated carbocycles. The van der Waals surface area contributed by atoms with Gasteiger partial charge in [-0.3, -0.25) is 9.59 Å². The van der Waals surface area contributed by atoms with Gasteiger partial charge in [0.25, 0.3) is 0 Å². The summed E-state index contributed by atoms with van der Waals surface area (Å²) in [5, 5.41) is 21.3. The van der Waals surface area contributed by atoms with Gasteiger partial charge in [0.2, 0.25) is 5.91 Å². The molecule has 8 heteroatoms. The van der Waals surface area contributed by atoms with Gasteiger partial charge in [0.1, 0.15) is 0 Å². The molecule has 1 aromatic rings. The molecule has 0 spiro atoms. The SMILES string of the molecule is Cn1nnnc1CC(=O)NCCC(=O)O. The van der Waals surface area contributed by atoms with E-state index in [2.05, 4.69) is 20.8 Å². The number of tetrazole rings is 1. The number of hydrogen-bond acceptors (Lipinski definition) is 5. The fourth-order valence-corrected chi connectivity index (χ4v) is 0.913. The number of amides is 1. The minimum Gasteiger partial charge on any atom is -0.481 e. The van der Waals surface area contributed by atoms with Gasteiger partial charge >= 0.3 is 5.97 Å². The fraction of sp³-hybridized carbons (Fsp3) is 0.571. The number of rotatable bonds is 5. The van der Waals surface area contributed by atoms with Gasteiger partial charge in [0.05, 0.1) is 12.8 Å². The number of nitrogens with one attached hydrogen (secondary N) is 1. The molecule has 2 N–H and O–H groups in total. The number of carboxylic acids is 1. The van der Waals surface area contributed by atoms with Crippen LogP contribution in [0.2, 0.25) is 0 Å². The second-order valence-electron chi connectivity index (χ2n) is 2.89. The molecule has 0 atom stereocenters. The van der Waals surface area contributed by atoms with Gasteiger partial charge < -0.3 is 10.4 Å². The first-order valence-electron chi connectivity index (χ1n) is 4.29. The Balaban J connectivity index is 2.31. The van der Waals surface area contributed by atoms with E-state index in [0.29, 0.717) is 5.82 Å². The Bertz CT molecular complexity index is 361. The molecule has 0 aromatic carbocycles. The molecule has 1 aromatic heterocycles. The van der Waals surface area contributed by atoms with Crippen LogP contribution in [0.25, 0.3) is 0 Å². The third kappa shape index (κ3) is 3.71. The summed E-state index contributed by atoms with van der Waals surface area (Å²) in [5.41, 5.74) is 0. The number of carbonyl (C=O) groups is 2. The number of aryl methyl sites for hydroxylation is 1. The lowest BCUT2D eigenvalue weighted by Crippen LogP contribution is -2.28. The average molecular weight is 213 g/mol. The molecule has 1 heterocycles. The molecule has 0 fully saturated rings. The molecule has 0 radical (unpaired) electrons. The number of carboxylic acid groups (broad SMARTS) is 1. The summed E-state index contributed by atoms with van der Waals surface area (Å²) in [6, 6.07) is 0. The van der Waals surface area contributed by atoms with Crippen LogP contribution in [0.1, 0.15) is 12.2 Å². The van der Waals surface area contributed by atoms with E-state index in [4.69, 9.17) is 5.11 Å². The second-order valence-corrected chi connectivity index (χ2v) is 2.89. The van der Waals surface area contributed by atoms with E-state index in [1.54, 1.807) is 7.05 Å². The number of aromatic nitrogens is 4. The van der Waals surface area contributed by atoms with Crippen LogP contribution < -0.4 is 5.32 Å². The van der Waals surface area contributed by atoms with Crippen molar-refractivity contribution in [2.24, 2.45) is 7.05 Å². The maximum atomic E-state index is 11.2. The average Bonchev–Trinajstić information content (AvgIpc) is 2.51. The summed E-state index contributed by atoms with van der Waals surface area (Å²) in [6.07, 6.45) is -0.0497. The molecule has 0 saturated heterocycles. The highest BCUT2D eigenvalue weighted by atomic mass is 16.4. The molecule has 0 aliphatic rings. The quantitative estimate of drug-likeness (QED) is 0.606. The Labute approximate surface area is 85.3 Å². The lowest BCUT2D eigenvalue weighted by Gasteiger charge is -2.01. The van der Waals surface area contributed by atoms with Crippen LogP contribution in [0.4, 0.5) is 0 Å². The molecule has 0 aliphatic heterocycles. The smallest absolute Gasteiger partial charge is 0.305 e. The van der Waals surface area contributed by atoms with E-state index in [1.165, 1.54) is 4.68 Å². The molecule has 82 valence electrons.